The van der Waals surface area contributed by atoms with Crippen LogP contribution in [0.4, 0.5) is 5.69 Å². The largest absolute Gasteiger partial charge is 0.457 e. The van der Waals surface area contributed by atoms with E-state index < -0.39 is 4.92 Å². The fourth-order valence-corrected chi connectivity index (χ4v) is 2.40. The molecule has 0 aliphatic rings. The van der Waals surface area contributed by atoms with Crippen LogP contribution in [0, 0.1) is 21.4 Å². The lowest BCUT2D eigenvalue weighted by Gasteiger charge is -2.07. The van der Waals surface area contributed by atoms with Crippen LogP contribution in [0.2, 0.25) is 0 Å². The Hall–Kier alpha value is -1.91. The van der Waals surface area contributed by atoms with E-state index in [9.17, 15) is 10.1 Å². The zero-order valence-corrected chi connectivity index (χ0v) is 13.0. The molecule has 0 fully saturated rings. The number of non-ortho nitro benzene ring substituents is 1. The van der Waals surface area contributed by atoms with Crippen molar-refractivity contribution in [3.05, 3.63) is 61.0 Å². The van der Waals surface area contributed by atoms with Crippen LogP contribution in [0.15, 0.2) is 45.3 Å². The molecule has 20 heavy (non-hydrogen) atoms. The van der Waals surface area contributed by atoms with Crippen molar-refractivity contribution < 1.29 is 9.66 Å². The summed E-state index contributed by atoms with van der Waals surface area (Å²) in [4.78, 5) is 10.3. The Morgan fingerprint density at radius 2 is 1.90 bits per heavy atom. The van der Waals surface area contributed by atoms with Crippen LogP contribution in [0.1, 0.15) is 5.56 Å². The summed E-state index contributed by atoms with van der Waals surface area (Å²) in [6.07, 6.45) is 0. The first kappa shape index (κ1) is 14.5. The molecule has 5 nitrogen and oxygen atoms in total. The third-order valence-corrected chi connectivity index (χ3v) is 3.48. The van der Waals surface area contributed by atoms with Crippen molar-refractivity contribution in [3.8, 4) is 17.6 Å². The van der Waals surface area contributed by atoms with E-state index in [0.29, 0.717) is 26.0 Å². The molecule has 0 atom stereocenters. The van der Waals surface area contributed by atoms with Gasteiger partial charge in [-0.3, -0.25) is 10.1 Å². The van der Waals surface area contributed by atoms with Gasteiger partial charge in [-0.15, -0.1) is 0 Å². The smallest absolute Gasteiger partial charge is 0.274 e. The summed E-state index contributed by atoms with van der Waals surface area (Å²) in [5.74, 6) is 0.811. The van der Waals surface area contributed by atoms with Gasteiger partial charge in [-0.2, -0.15) is 5.26 Å². The molecule has 0 heterocycles. The third-order valence-electron chi connectivity index (χ3n) is 2.36. The number of nitriles is 1. The highest BCUT2D eigenvalue weighted by Gasteiger charge is 2.10. The molecule has 0 aliphatic carbocycles. The molecule has 100 valence electrons. The molecule has 0 amide bonds. The number of benzene rings is 2. The zero-order chi connectivity index (χ0) is 14.7. The van der Waals surface area contributed by atoms with Crippen molar-refractivity contribution in [1.82, 2.24) is 0 Å². The van der Waals surface area contributed by atoms with Gasteiger partial charge in [0, 0.05) is 15.0 Å². The van der Waals surface area contributed by atoms with E-state index in [0.717, 1.165) is 0 Å². The molecule has 2 rings (SSSR count). The molecule has 2 aromatic carbocycles. The summed E-state index contributed by atoms with van der Waals surface area (Å²) in [5.41, 5.74) is 0.416. The molecule has 0 saturated carbocycles. The monoisotopic (exact) mass is 396 g/mol. The molecule has 0 unspecified atom stereocenters. The van der Waals surface area contributed by atoms with E-state index in [1.54, 1.807) is 24.3 Å². The molecular formula is C13H6Br2N2O3. The van der Waals surface area contributed by atoms with Crippen molar-refractivity contribution in [3.63, 3.8) is 0 Å². The van der Waals surface area contributed by atoms with Gasteiger partial charge >= 0.3 is 0 Å². The van der Waals surface area contributed by atoms with Crippen LogP contribution in [0.5, 0.6) is 11.5 Å². The van der Waals surface area contributed by atoms with Crippen LogP contribution >= 0.6 is 31.9 Å². The van der Waals surface area contributed by atoms with E-state index >= 15 is 0 Å². The van der Waals surface area contributed by atoms with Gasteiger partial charge in [-0.25, -0.2) is 0 Å². The van der Waals surface area contributed by atoms with Gasteiger partial charge in [-0.05, 0) is 40.2 Å². The lowest BCUT2D eigenvalue weighted by Crippen LogP contribution is -1.90. The van der Waals surface area contributed by atoms with Crippen LogP contribution in [-0.2, 0) is 0 Å². The highest BCUT2D eigenvalue weighted by atomic mass is 79.9. The molecular weight excluding hydrogens is 392 g/mol. The molecule has 0 saturated heterocycles. The van der Waals surface area contributed by atoms with Crippen LogP contribution in [-0.4, -0.2) is 4.92 Å². The van der Waals surface area contributed by atoms with Crippen LogP contribution in [0.25, 0.3) is 0 Å². The number of nitro groups is 1. The predicted octanol–water partition coefficient (Wildman–Crippen LogP) is 4.78. The second-order valence-electron chi connectivity index (χ2n) is 3.76. The van der Waals surface area contributed by atoms with Crippen molar-refractivity contribution >= 4 is 37.5 Å². The van der Waals surface area contributed by atoms with Crippen molar-refractivity contribution in [2.75, 3.05) is 0 Å². The molecule has 7 heteroatoms. The summed E-state index contributed by atoms with van der Waals surface area (Å²) in [5, 5.41) is 19.6. The lowest BCUT2D eigenvalue weighted by atomic mass is 10.2. The Morgan fingerprint density at radius 3 is 2.50 bits per heavy atom. The summed E-state index contributed by atoms with van der Waals surface area (Å²) < 4.78 is 6.71. The van der Waals surface area contributed by atoms with E-state index in [2.05, 4.69) is 31.9 Å². The lowest BCUT2D eigenvalue weighted by molar-refractivity contribution is -0.385. The van der Waals surface area contributed by atoms with Crippen LogP contribution in [0.3, 0.4) is 0 Å². The number of hydrogen-bond donors (Lipinski definition) is 0. The summed E-state index contributed by atoms with van der Waals surface area (Å²) in [6, 6.07) is 11.2. The maximum atomic E-state index is 10.8. The van der Waals surface area contributed by atoms with Gasteiger partial charge in [0.2, 0.25) is 0 Å². The fourth-order valence-electron chi connectivity index (χ4n) is 1.50. The SMILES string of the molecule is N#Cc1ccc(Oc2cc(Br)cc([N+](=O)[O-])c2)cc1Br. The first-order chi connectivity index (χ1) is 9.49. The average molecular weight is 398 g/mol. The van der Waals surface area contributed by atoms with Gasteiger partial charge in [0.25, 0.3) is 5.69 Å². The van der Waals surface area contributed by atoms with Gasteiger partial charge in [0.15, 0.2) is 0 Å². The molecule has 0 radical (unpaired) electrons. The topological polar surface area (TPSA) is 76.2 Å². The Bertz CT molecular complexity index is 726. The van der Waals surface area contributed by atoms with Crippen LogP contribution < -0.4 is 4.74 Å². The van der Waals surface area contributed by atoms with Gasteiger partial charge in [-0.1, -0.05) is 15.9 Å². The summed E-state index contributed by atoms with van der Waals surface area (Å²) >= 11 is 6.45. The average Bonchev–Trinajstić information content (AvgIpc) is 2.38. The number of nitro benzene ring substituents is 1. The Morgan fingerprint density at radius 1 is 1.15 bits per heavy atom. The standard InChI is InChI=1S/C13H6Br2N2O3/c14-9-3-10(17(18)19)5-12(4-9)20-11-2-1-8(7-16)13(15)6-11/h1-6H. The molecule has 0 aliphatic heterocycles. The normalized spacial score (nSPS) is 9.85. The minimum Gasteiger partial charge on any atom is -0.457 e. The highest BCUT2D eigenvalue weighted by Crippen LogP contribution is 2.31. The molecule has 0 aromatic heterocycles. The predicted molar refractivity (Wildman–Crippen MR) is 79.7 cm³/mol. The van der Waals surface area contributed by atoms with Gasteiger partial charge in [0.05, 0.1) is 16.6 Å². The molecule has 0 N–H and O–H groups in total. The van der Waals surface area contributed by atoms with Crippen molar-refractivity contribution in [2.24, 2.45) is 0 Å². The first-order valence-corrected chi connectivity index (χ1v) is 6.90. The third kappa shape index (κ3) is 3.35. The Kier molecular flexibility index (Phi) is 4.37. The van der Waals surface area contributed by atoms with E-state index in [4.69, 9.17) is 10.00 Å². The van der Waals surface area contributed by atoms with E-state index in [-0.39, 0.29) is 5.69 Å². The van der Waals surface area contributed by atoms with Crippen molar-refractivity contribution in [1.29, 1.82) is 5.26 Å². The summed E-state index contributed by atoms with van der Waals surface area (Å²) in [6.45, 7) is 0. The quantitative estimate of drug-likeness (QED) is 0.551. The van der Waals surface area contributed by atoms with Crippen molar-refractivity contribution in [2.45, 2.75) is 0 Å². The van der Waals surface area contributed by atoms with E-state index in [1.165, 1.54) is 12.1 Å². The maximum absolute atomic E-state index is 10.8. The van der Waals surface area contributed by atoms with Gasteiger partial charge < -0.3 is 4.74 Å². The second kappa shape index (κ2) is 6.03. The fraction of sp³-hybridized carbons (Fsp3) is 0. The Balaban J connectivity index is 2.33. The minimum absolute atomic E-state index is 0.0675. The molecule has 0 bridgehead atoms. The minimum atomic E-state index is -0.494. The number of halogens is 2. The highest BCUT2D eigenvalue weighted by molar-refractivity contribution is 9.10. The molecule has 2 aromatic rings. The Labute approximate surface area is 131 Å². The number of hydrogen-bond acceptors (Lipinski definition) is 4. The zero-order valence-electron chi connectivity index (χ0n) is 9.84. The maximum Gasteiger partial charge on any atom is 0.274 e. The number of rotatable bonds is 3. The van der Waals surface area contributed by atoms with E-state index in [1.807, 2.05) is 6.07 Å². The first-order valence-electron chi connectivity index (χ1n) is 5.32. The van der Waals surface area contributed by atoms with Gasteiger partial charge in [0.1, 0.15) is 17.6 Å². The second-order valence-corrected chi connectivity index (χ2v) is 5.53. The molecule has 0 spiro atoms. The summed E-state index contributed by atoms with van der Waals surface area (Å²) in [7, 11) is 0. The number of ether oxygens (including phenoxy) is 1. The number of nitrogens with zero attached hydrogens (tertiary/aromatic N) is 2.